The fourth-order valence-electron chi connectivity index (χ4n) is 3.33. The molecule has 1 unspecified atom stereocenters. The number of benzene rings is 1. The van der Waals surface area contributed by atoms with Crippen molar-refractivity contribution in [1.82, 2.24) is 4.90 Å². The van der Waals surface area contributed by atoms with Gasteiger partial charge >= 0.3 is 0 Å². The maximum atomic E-state index is 10.8. The van der Waals surface area contributed by atoms with Gasteiger partial charge in [0.2, 0.25) is 0 Å². The number of nitrogens with zero attached hydrogens (tertiary/aromatic N) is 1. The molecule has 0 radical (unpaired) electrons. The molecule has 3 nitrogen and oxygen atoms in total. The van der Waals surface area contributed by atoms with Gasteiger partial charge in [0.25, 0.3) is 0 Å². The maximum Gasteiger partial charge on any atom is 0.141 e. The normalized spacial score (nSPS) is 29.7. The summed E-state index contributed by atoms with van der Waals surface area (Å²) in [6, 6.07) is 7.86. The van der Waals surface area contributed by atoms with Crippen LogP contribution in [0.4, 0.5) is 0 Å². The molecule has 3 saturated heterocycles. The highest BCUT2D eigenvalue weighted by atomic mass is 16.5. The summed E-state index contributed by atoms with van der Waals surface area (Å²) in [4.78, 5) is 2.32. The Labute approximate surface area is 133 Å². The molecule has 118 valence electrons. The first kappa shape index (κ1) is 15.4. The third-order valence-corrected chi connectivity index (χ3v) is 4.77. The first-order valence-corrected chi connectivity index (χ1v) is 8.40. The van der Waals surface area contributed by atoms with Gasteiger partial charge in [0.1, 0.15) is 11.4 Å². The quantitative estimate of drug-likeness (QED) is 0.685. The summed E-state index contributed by atoms with van der Waals surface area (Å²) in [5.41, 5.74) is 0.111. The molecule has 3 fully saturated rings. The van der Waals surface area contributed by atoms with E-state index in [1.807, 2.05) is 24.3 Å². The number of fused-ring (bicyclic) bond motifs is 3. The second-order valence-corrected chi connectivity index (χ2v) is 6.45. The molecule has 2 bridgehead atoms. The van der Waals surface area contributed by atoms with E-state index in [1.165, 1.54) is 0 Å². The largest absolute Gasteiger partial charge is 0.494 e. The number of rotatable bonds is 4. The first-order chi connectivity index (χ1) is 10.7. The topological polar surface area (TPSA) is 32.7 Å². The van der Waals surface area contributed by atoms with E-state index in [0.29, 0.717) is 12.5 Å². The van der Waals surface area contributed by atoms with Gasteiger partial charge in [0.15, 0.2) is 0 Å². The molecule has 3 aliphatic heterocycles. The van der Waals surface area contributed by atoms with E-state index in [4.69, 9.17) is 4.74 Å². The Morgan fingerprint density at radius 2 is 2.00 bits per heavy atom. The lowest BCUT2D eigenvalue weighted by atomic mass is 9.76. The Hall–Kier alpha value is -1.50. The Kier molecular flexibility index (Phi) is 4.71. The van der Waals surface area contributed by atoms with Crippen LogP contribution in [-0.2, 0) is 0 Å². The van der Waals surface area contributed by atoms with Crippen molar-refractivity contribution in [2.75, 3.05) is 26.2 Å². The molecule has 0 spiro atoms. The minimum atomic E-state index is -0.827. The zero-order chi connectivity index (χ0) is 15.4. The lowest BCUT2D eigenvalue weighted by Gasteiger charge is -2.47. The molecule has 4 rings (SSSR count). The van der Waals surface area contributed by atoms with E-state index in [2.05, 4.69) is 23.7 Å². The molecule has 0 aromatic heterocycles. The van der Waals surface area contributed by atoms with Gasteiger partial charge in [0, 0.05) is 18.0 Å². The summed E-state index contributed by atoms with van der Waals surface area (Å²) >= 11 is 0. The standard InChI is InChI=1S/C19H25NO2/c1-2-3-14-22-18-6-4-16(5-7-18)8-11-19(21)15-20-12-9-17(19)10-13-20/h4-7,17,21H,2-3,9-10,12-15H2,1H3. The third kappa shape index (κ3) is 3.45. The number of ether oxygens (including phenoxy) is 1. The minimum Gasteiger partial charge on any atom is -0.494 e. The van der Waals surface area contributed by atoms with Crippen molar-refractivity contribution in [3.05, 3.63) is 29.8 Å². The molecule has 1 atom stereocenters. The fourth-order valence-corrected chi connectivity index (χ4v) is 3.33. The predicted molar refractivity (Wildman–Crippen MR) is 87.8 cm³/mol. The van der Waals surface area contributed by atoms with Gasteiger partial charge in [-0.2, -0.15) is 0 Å². The summed E-state index contributed by atoms with van der Waals surface area (Å²) < 4.78 is 5.65. The number of hydrogen-bond acceptors (Lipinski definition) is 3. The molecule has 1 aromatic carbocycles. The van der Waals surface area contributed by atoms with Crippen LogP contribution in [0.1, 0.15) is 38.2 Å². The van der Waals surface area contributed by atoms with Crippen LogP contribution in [0.5, 0.6) is 5.75 Å². The average molecular weight is 299 g/mol. The van der Waals surface area contributed by atoms with E-state index < -0.39 is 5.60 Å². The van der Waals surface area contributed by atoms with Crippen molar-refractivity contribution in [3.8, 4) is 17.6 Å². The minimum absolute atomic E-state index is 0.335. The number of aliphatic hydroxyl groups is 1. The average Bonchev–Trinajstić information content (AvgIpc) is 2.55. The van der Waals surface area contributed by atoms with Gasteiger partial charge in [-0.25, -0.2) is 0 Å². The van der Waals surface area contributed by atoms with Gasteiger partial charge in [0.05, 0.1) is 6.61 Å². The molecule has 0 aliphatic carbocycles. The monoisotopic (exact) mass is 299 g/mol. The zero-order valence-corrected chi connectivity index (χ0v) is 13.3. The molecule has 0 saturated carbocycles. The van der Waals surface area contributed by atoms with Crippen LogP contribution in [0.2, 0.25) is 0 Å². The zero-order valence-electron chi connectivity index (χ0n) is 13.3. The number of unbranched alkanes of at least 4 members (excludes halogenated alkanes) is 1. The smallest absolute Gasteiger partial charge is 0.141 e. The molecule has 1 N–H and O–H groups in total. The van der Waals surface area contributed by atoms with Crippen molar-refractivity contribution in [3.63, 3.8) is 0 Å². The molecular weight excluding hydrogens is 274 g/mol. The second-order valence-electron chi connectivity index (χ2n) is 6.45. The summed E-state index contributed by atoms with van der Waals surface area (Å²) in [5, 5.41) is 10.8. The number of piperidine rings is 3. The predicted octanol–water partition coefficient (Wildman–Crippen LogP) is 2.67. The van der Waals surface area contributed by atoms with Crippen molar-refractivity contribution in [2.45, 2.75) is 38.2 Å². The molecule has 1 aromatic rings. The Bertz CT molecular complexity index is 549. The lowest BCUT2D eigenvalue weighted by Crippen LogP contribution is -2.58. The maximum absolute atomic E-state index is 10.8. The van der Waals surface area contributed by atoms with E-state index in [-0.39, 0.29) is 0 Å². The fraction of sp³-hybridized carbons (Fsp3) is 0.579. The van der Waals surface area contributed by atoms with Crippen LogP contribution in [-0.4, -0.2) is 41.8 Å². The summed E-state index contributed by atoms with van der Waals surface area (Å²) in [6.45, 7) is 5.83. The van der Waals surface area contributed by atoms with Crippen LogP contribution in [0, 0.1) is 17.8 Å². The highest BCUT2D eigenvalue weighted by Gasteiger charge is 2.44. The van der Waals surface area contributed by atoms with Crippen LogP contribution >= 0.6 is 0 Å². The molecular formula is C19H25NO2. The van der Waals surface area contributed by atoms with Crippen LogP contribution in [0.25, 0.3) is 0 Å². The van der Waals surface area contributed by atoms with Crippen molar-refractivity contribution in [2.24, 2.45) is 5.92 Å². The molecule has 3 heteroatoms. The number of hydrogen-bond donors (Lipinski definition) is 1. The second kappa shape index (κ2) is 6.73. The van der Waals surface area contributed by atoms with Gasteiger partial charge in [-0.1, -0.05) is 25.2 Å². The lowest BCUT2D eigenvalue weighted by molar-refractivity contribution is -0.0713. The van der Waals surface area contributed by atoms with Gasteiger partial charge in [-0.05, 0) is 56.6 Å². The van der Waals surface area contributed by atoms with E-state index >= 15 is 0 Å². The van der Waals surface area contributed by atoms with Crippen molar-refractivity contribution < 1.29 is 9.84 Å². The summed E-state index contributed by atoms with van der Waals surface area (Å²) in [7, 11) is 0. The SMILES string of the molecule is CCCCOc1ccc(C#CC2(O)CN3CCC2CC3)cc1. The Balaban J connectivity index is 1.64. The molecule has 22 heavy (non-hydrogen) atoms. The Morgan fingerprint density at radius 1 is 1.27 bits per heavy atom. The van der Waals surface area contributed by atoms with Crippen LogP contribution in [0.3, 0.4) is 0 Å². The van der Waals surface area contributed by atoms with E-state index in [0.717, 1.165) is 56.7 Å². The van der Waals surface area contributed by atoms with E-state index in [1.54, 1.807) is 0 Å². The molecule has 0 amide bonds. The third-order valence-electron chi connectivity index (χ3n) is 4.77. The van der Waals surface area contributed by atoms with Crippen molar-refractivity contribution >= 4 is 0 Å². The Morgan fingerprint density at radius 3 is 2.59 bits per heavy atom. The van der Waals surface area contributed by atoms with Crippen LogP contribution < -0.4 is 4.74 Å². The van der Waals surface area contributed by atoms with Gasteiger partial charge in [-0.3, -0.25) is 4.90 Å². The summed E-state index contributed by atoms with van der Waals surface area (Å²) in [6.07, 6.45) is 4.34. The van der Waals surface area contributed by atoms with Crippen molar-refractivity contribution in [1.29, 1.82) is 0 Å². The highest BCUT2D eigenvalue weighted by Crippen LogP contribution is 2.35. The molecule has 3 aliphatic rings. The molecule has 3 heterocycles. The summed E-state index contributed by atoms with van der Waals surface area (Å²) in [5.74, 6) is 7.52. The highest BCUT2D eigenvalue weighted by molar-refractivity contribution is 5.40. The van der Waals surface area contributed by atoms with Crippen LogP contribution in [0.15, 0.2) is 24.3 Å². The van der Waals surface area contributed by atoms with Gasteiger partial charge < -0.3 is 9.84 Å². The first-order valence-electron chi connectivity index (χ1n) is 8.40. The van der Waals surface area contributed by atoms with Gasteiger partial charge in [-0.15, -0.1) is 0 Å². The van der Waals surface area contributed by atoms with E-state index in [9.17, 15) is 5.11 Å².